The van der Waals surface area contributed by atoms with Crippen molar-refractivity contribution in [2.24, 2.45) is 0 Å². The van der Waals surface area contributed by atoms with Crippen molar-refractivity contribution in [2.75, 3.05) is 14.2 Å². The quantitative estimate of drug-likeness (QED) is 0.504. The second-order valence-electron chi connectivity index (χ2n) is 2.83. The average molecular weight is 204 g/mol. The third-order valence-electron chi connectivity index (χ3n) is 1.80. The van der Waals surface area contributed by atoms with Crippen LogP contribution in [0.5, 0.6) is 0 Å². The van der Waals surface area contributed by atoms with E-state index in [2.05, 4.69) is 9.47 Å². The Morgan fingerprint density at radius 3 is 1.73 bits per heavy atom. The number of methoxy groups -OCH3 is 2. The van der Waals surface area contributed by atoms with Gasteiger partial charge in [-0.1, -0.05) is 17.6 Å². The number of hydrogen-bond donors (Lipinski definition) is 0. The summed E-state index contributed by atoms with van der Waals surface area (Å²) >= 11 is 0. The number of carbonyl (C=O) groups is 2. The molecule has 1 rings (SSSR count). The van der Waals surface area contributed by atoms with Crippen molar-refractivity contribution in [2.45, 2.75) is 0 Å². The minimum absolute atomic E-state index is 0.220. The highest BCUT2D eigenvalue weighted by Gasteiger charge is 2.11. The Labute approximate surface area is 88.6 Å². The number of esters is 2. The predicted molar refractivity (Wildman–Crippen MR) is 54.5 cm³/mol. The predicted octanol–water partition coefficient (Wildman–Crippen LogP) is 0.0536. The molecule has 2 radical (unpaired) electrons. The van der Waals surface area contributed by atoms with Gasteiger partial charge in [-0.05, 0) is 6.07 Å². The first kappa shape index (κ1) is 11.3. The van der Waals surface area contributed by atoms with Crippen LogP contribution in [0.2, 0.25) is 0 Å². The highest BCUT2D eigenvalue weighted by atomic mass is 16.5. The molecule has 0 spiro atoms. The van der Waals surface area contributed by atoms with Crippen LogP contribution in [-0.4, -0.2) is 34.0 Å². The molecule has 1 aromatic carbocycles. The van der Waals surface area contributed by atoms with Crippen molar-refractivity contribution in [3.63, 3.8) is 0 Å². The van der Waals surface area contributed by atoms with E-state index in [-0.39, 0.29) is 11.1 Å². The van der Waals surface area contributed by atoms with Gasteiger partial charge < -0.3 is 9.47 Å². The van der Waals surface area contributed by atoms with E-state index in [9.17, 15) is 9.59 Å². The van der Waals surface area contributed by atoms with E-state index >= 15 is 0 Å². The van der Waals surface area contributed by atoms with E-state index in [4.69, 9.17) is 7.85 Å². The highest BCUT2D eigenvalue weighted by molar-refractivity contribution is 6.33. The molecule has 4 nitrogen and oxygen atoms in total. The fourth-order valence-corrected chi connectivity index (χ4v) is 1.12. The molecule has 15 heavy (non-hydrogen) atoms. The molecule has 0 saturated carbocycles. The maximum atomic E-state index is 11.2. The smallest absolute Gasteiger partial charge is 0.337 e. The molecule has 0 heterocycles. The van der Waals surface area contributed by atoms with Crippen LogP contribution in [0.4, 0.5) is 0 Å². The molecule has 0 aliphatic heterocycles. The van der Waals surface area contributed by atoms with Crippen molar-refractivity contribution in [3.05, 3.63) is 29.3 Å². The van der Waals surface area contributed by atoms with Crippen LogP contribution in [0.15, 0.2) is 18.2 Å². The van der Waals surface area contributed by atoms with Gasteiger partial charge in [0.1, 0.15) is 7.85 Å². The van der Waals surface area contributed by atoms with Gasteiger partial charge in [0.05, 0.1) is 25.3 Å². The number of hydrogen-bond acceptors (Lipinski definition) is 4. The largest absolute Gasteiger partial charge is 0.465 e. The third kappa shape index (κ3) is 2.59. The molecular formula is C10H9BO4. The van der Waals surface area contributed by atoms with Crippen LogP contribution < -0.4 is 5.46 Å². The van der Waals surface area contributed by atoms with E-state index < -0.39 is 11.9 Å². The zero-order chi connectivity index (χ0) is 11.4. The van der Waals surface area contributed by atoms with Crippen molar-refractivity contribution in [1.82, 2.24) is 0 Å². The monoisotopic (exact) mass is 204 g/mol. The first-order chi connectivity index (χ1) is 7.08. The summed E-state index contributed by atoms with van der Waals surface area (Å²) in [6.45, 7) is 0. The second kappa shape index (κ2) is 4.64. The topological polar surface area (TPSA) is 52.6 Å². The average Bonchev–Trinajstić information content (AvgIpc) is 2.26. The molecule has 76 valence electrons. The van der Waals surface area contributed by atoms with Crippen LogP contribution in [0, 0.1) is 0 Å². The van der Waals surface area contributed by atoms with Gasteiger partial charge >= 0.3 is 11.9 Å². The van der Waals surface area contributed by atoms with E-state index in [0.717, 1.165) is 0 Å². The van der Waals surface area contributed by atoms with Crippen molar-refractivity contribution >= 4 is 25.2 Å². The standard InChI is InChI=1S/C10H9BO4/c1-14-9(12)6-3-7(10(13)15-2)5-8(11)4-6/h3-5H,1-2H3. The Bertz CT molecular complexity index is 366. The SMILES string of the molecule is [B]c1cc(C(=O)OC)cc(C(=O)OC)c1. The van der Waals surface area contributed by atoms with Crippen LogP contribution in [-0.2, 0) is 9.47 Å². The zero-order valence-corrected chi connectivity index (χ0v) is 8.44. The summed E-state index contributed by atoms with van der Waals surface area (Å²) < 4.78 is 9.03. The van der Waals surface area contributed by atoms with Crippen LogP contribution in [0.25, 0.3) is 0 Å². The lowest BCUT2D eigenvalue weighted by molar-refractivity contribution is 0.0599. The molecule has 0 N–H and O–H groups in total. The molecule has 0 saturated heterocycles. The highest BCUT2D eigenvalue weighted by Crippen LogP contribution is 2.05. The fourth-order valence-electron chi connectivity index (χ4n) is 1.12. The van der Waals surface area contributed by atoms with Crippen LogP contribution in [0.3, 0.4) is 0 Å². The fraction of sp³-hybridized carbons (Fsp3) is 0.200. The summed E-state index contributed by atoms with van der Waals surface area (Å²) in [5.74, 6) is -1.10. The summed E-state index contributed by atoms with van der Waals surface area (Å²) in [4.78, 5) is 22.4. The lowest BCUT2D eigenvalue weighted by Crippen LogP contribution is -2.13. The molecule has 0 fully saturated rings. The Morgan fingerprint density at radius 2 is 1.40 bits per heavy atom. The maximum Gasteiger partial charge on any atom is 0.337 e. The Balaban J connectivity index is 3.16. The van der Waals surface area contributed by atoms with Crippen molar-refractivity contribution < 1.29 is 19.1 Å². The van der Waals surface area contributed by atoms with Gasteiger partial charge in [0.2, 0.25) is 0 Å². The van der Waals surface area contributed by atoms with Gasteiger partial charge in [-0.2, -0.15) is 0 Å². The molecule has 0 bridgehead atoms. The van der Waals surface area contributed by atoms with Crippen molar-refractivity contribution in [3.8, 4) is 0 Å². The van der Waals surface area contributed by atoms with E-state index in [1.54, 1.807) is 0 Å². The molecule has 0 aromatic heterocycles. The molecule has 5 heteroatoms. The van der Waals surface area contributed by atoms with E-state index in [0.29, 0.717) is 5.46 Å². The van der Waals surface area contributed by atoms with Gasteiger partial charge in [0, 0.05) is 0 Å². The molecule has 0 aliphatic carbocycles. The molecule has 0 aliphatic rings. The van der Waals surface area contributed by atoms with E-state index in [1.165, 1.54) is 32.4 Å². The lowest BCUT2D eigenvalue weighted by atomic mass is 9.92. The van der Waals surface area contributed by atoms with Crippen LogP contribution >= 0.6 is 0 Å². The first-order valence-corrected chi connectivity index (χ1v) is 4.15. The summed E-state index contributed by atoms with van der Waals surface area (Å²) in [7, 11) is 8.04. The summed E-state index contributed by atoms with van der Waals surface area (Å²) in [6.07, 6.45) is 0. The number of carbonyl (C=O) groups excluding carboxylic acids is 2. The van der Waals surface area contributed by atoms with Gasteiger partial charge in [0.25, 0.3) is 0 Å². The van der Waals surface area contributed by atoms with Gasteiger partial charge in [-0.15, -0.1) is 0 Å². The summed E-state index contributed by atoms with van der Waals surface area (Å²) in [5.41, 5.74) is 0.745. The molecular weight excluding hydrogens is 195 g/mol. The van der Waals surface area contributed by atoms with Gasteiger partial charge in [-0.25, -0.2) is 9.59 Å². The number of benzene rings is 1. The third-order valence-corrected chi connectivity index (χ3v) is 1.80. The summed E-state index contributed by atoms with van der Waals surface area (Å²) in [5, 5.41) is 0. The Kier molecular flexibility index (Phi) is 3.49. The normalized spacial score (nSPS) is 9.47. The maximum absolute atomic E-state index is 11.2. The Hall–Kier alpha value is -1.78. The Morgan fingerprint density at radius 1 is 1.00 bits per heavy atom. The zero-order valence-electron chi connectivity index (χ0n) is 8.44. The number of ether oxygens (including phenoxy) is 2. The number of rotatable bonds is 2. The second-order valence-corrected chi connectivity index (χ2v) is 2.83. The lowest BCUT2D eigenvalue weighted by Gasteiger charge is -2.04. The van der Waals surface area contributed by atoms with Gasteiger partial charge in [-0.3, -0.25) is 0 Å². The summed E-state index contributed by atoms with van der Waals surface area (Å²) in [6, 6.07) is 4.23. The molecule has 1 aromatic rings. The first-order valence-electron chi connectivity index (χ1n) is 4.15. The van der Waals surface area contributed by atoms with Crippen molar-refractivity contribution in [1.29, 1.82) is 0 Å². The van der Waals surface area contributed by atoms with Gasteiger partial charge in [0.15, 0.2) is 0 Å². The minimum Gasteiger partial charge on any atom is -0.465 e. The van der Waals surface area contributed by atoms with E-state index in [1.807, 2.05) is 0 Å². The van der Waals surface area contributed by atoms with Crippen LogP contribution in [0.1, 0.15) is 20.7 Å². The molecule has 0 atom stereocenters. The molecule has 0 amide bonds. The minimum atomic E-state index is -0.549. The molecule has 0 unspecified atom stereocenters.